The number of hydrogen-bond donors (Lipinski definition) is 2. The van der Waals surface area contributed by atoms with Gasteiger partial charge in [-0.2, -0.15) is 5.48 Å². The number of benzene rings is 2. The van der Waals surface area contributed by atoms with Crippen LogP contribution in [0.4, 0.5) is 10.5 Å². The first-order chi connectivity index (χ1) is 11.1. The molecule has 0 heterocycles. The molecule has 0 aliphatic carbocycles. The summed E-state index contributed by atoms with van der Waals surface area (Å²) in [4.78, 5) is 27.8. The maximum absolute atomic E-state index is 11.6. The van der Waals surface area contributed by atoms with Gasteiger partial charge in [0.25, 0.3) is 5.91 Å². The van der Waals surface area contributed by atoms with E-state index in [9.17, 15) is 9.59 Å². The topological polar surface area (TPSA) is 76.7 Å². The second kappa shape index (κ2) is 8.77. The number of amides is 2. The first-order valence-electron chi connectivity index (χ1n) is 6.77. The van der Waals surface area contributed by atoms with Gasteiger partial charge in [0.05, 0.1) is 0 Å². The molecule has 0 saturated heterocycles. The lowest BCUT2D eigenvalue weighted by atomic mass is 10.2. The molecule has 0 aromatic heterocycles. The minimum atomic E-state index is -0.770. The zero-order valence-electron chi connectivity index (χ0n) is 12.1. The Hall–Kier alpha value is -2.57. The third kappa shape index (κ3) is 6.37. The zero-order chi connectivity index (χ0) is 16.5. The summed E-state index contributed by atoms with van der Waals surface area (Å²) in [5, 5.41) is 3.16. The normalized spacial score (nSPS) is 9.96. The summed E-state index contributed by atoms with van der Waals surface area (Å²) in [5.41, 5.74) is 3.46. The van der Waals surface area contributed by atoms with Crippen molar-refractivity contribution in [2.24, 2.45) is 0 Å². The van der Waals surface area contributed by atoms with Crippen LogP contribution in [-0.4, -0.2) is 18.6 Å². The van der Waals surface area contributed by atoms with E-state index in [1.165, 1.54) is 0 Å². The molecule has 2 amide bonds. The zero-order valence-corrected chi connectivity index (χ0v) is 12.9. The van der Waals surface area contributed by atoms with E-state index in [4.69, 9.17) is 21.2 Å². The summed E-state index contributed by atoms with van der Waals surface area (Å²) in [6.45, 7) is -0.226. The minimum absolute atomic E-state index is 0.118. The van der Waals surface area contributed by atoms with Gasteiger partial charge in [-0.15, -0.1) is 0 Å². The largest absolute Gasteiger partial charge is 0.443 e. The number of carbonyl (C=O) groups excluding carboxylic acids is 2. The molecule has 2 aromatic carbocycles. The van der Waals surface area contributed by atoms with Crippen molar-refractivity contribution in [3.8, 4) is 0 Å². The van der Waals surface area contributed by atoms with E-state index in [1.54, 1.807) is 24.3 Å². The first-order valence-corrected chi connectivity index (χ1v) is 7.15. The maximum Gasteiger partial charge on any atom is 0.431 e. The van der Waals surface area contributed by atoms with Crippen molar-refractivity contribution < 1.29 is 19.2 Å². The molecule has 2 aromatic rings. The lowest BCUT2D eigenvalue weighted by Crippen LogP contribution is -2.29. The summed E-state index contributed by atoms with van der Waals surface area (Å²) in [6.07, 6.45) is -0.770. The molecule has 0 fully saturated rings. The second-order valence-corrected chi connectivity index (χ2v) is 4.94. The second-order valence-electron chi connectivity index (χ2n) is 4.51. The molecule has 0 spiro atoms. The Labute approximate surface area is 138 Å². The molecule has 120 valence electrons. The SMILES string of the molecule is O=C(CONC(=O)OCc1ccccc1)Nc1ccc(Cl)cc1. The molecular weight excluding hydrogens is 320 g/mol. The molecule has 6 nitrogen and oxygen atoms in total. The van der Waals surface area contributed by atoms with Gasteiger partial charge >= 0.3 is 6.09 Å². The van der Waals surface area contributed by atoms with Crippen molar-refractivity contribution in [3.05, 3.63) is 65.2 Å². The lowest BCUT2D eigenvalue weighted by molar-refractivity contribution is -0.122. The van der Waals surface area contributed by atoms with Crippen LogP contribution in [0.2, 0.25) is 5.02 Å². The van der Waals surface area contributed by atoms with E-state index < -0.39 is 12.0 Å². The monoisotopic (exact) mass is 334 g/mol. The summed E-state index contributed by atoms with van der Waals surface area (Å²) in [5.74, 6) is -0.421. The van der Waals surface area contributed by atoms with Crippen molar-refractivity contribution in [2.45, 2.75) is 6.61 Å². The average Bonchev–Trinajstić information content (AvgIpc) is 2.56. The molecule has 0 bridgehead atoms. The van der Waals surface area contributed by atoms with Crippen LogP contribution in [0.15, 0.2) is 54.6 Å². The highest BCUT2D eigenvalue weighted by molar-refractivity contribution is 6.30. The standard InChI is InChI=1S/C16H15ClN2O4/c17-13-6-8-14(9-7-13)18-15(20)11-23-19-16(21)22-10-12-4-2-1-3-5-12/h1-9H,10-11H2,(H,18,20)(H,19,21). The van der Waals surface area contributed by atoms with Crippen molar-refractivity contribution in [2.75, 3.05) is 11.9 Å². The van der Waals surface area contributed by atoms with Crippen LogP contribution >= 0.6 is 11.6 Å². The summed E-state index contributed by atoms with van der Waals surface area (Å²) in [7, 11) is 0. The fourth-order valence-electron chi connectivity index (χ4n) is 1.64. The van der Waals surface area contributed by atoms with Crippen LogP contribution in [0.1, 0.15) is 5.56 Å². The quantitative estimate of drug-likeness (QED) is 0.796. The first kappa shape index (κ1) is 16.8. The van der Waals surface area contributed by atoms with Crippen molar-refractivity contribution in [1.29, 1.82) is 0 Å². The predicted octanol–water partition coefficient (Wildman–Crippen LogP) is 3.14. The predicted molar refractivity (Wildman–Crippen MR) is 85.8 cm³/mol. The summed E-state index contributed by atoms with van der Waals surface area (Å²) in [6, 6.07) is 15.8. The van der Waals surface area contributed by atoms with E-state index in [-0.39, 0.29) is 13.2 Å². The van der Waals surface area contributed by atoms with Crippen LogP contribution in [0, 0.1) is 0 Å². The molecule has 7 heteroatoms. The van der Waals surface area contributed by atoms with Crippen molar-refractivity contribution in [1.82, 2.24) is 5.48 Å². The van der Waals surface area contributed by atoms with Gasteiger partial charge in [-0.3, -0.25) is 9.63 Å². The van der Waals surface area contributed by atoms with Gasteiger partial charge < -0.3 is 10.1 Å². The highest BCUT2D eigenvalue weighted by Crippen LogP contribution is 2.13. The number of anilines is 1. The number of rotatable bonds is 6. The molecule has 0 saturated carbocycles. The van der Waals surface area contributed by atoms with E-state index in [2.05, 4.69) is 5.32 Å². The molecule has 0 radical (unpaired) electrons. The third-order valence-electron chi connectivity index (χ3n) is 2.70. The van der Waals surface area contributed by atoms with Crippen LogP contribution in [0.5, 0.6) is 0 Å². The number of carbonyl (C=O) groups is 2. The highest BCUT2D eigenvalue weighted by Gasteiger charge is 2.06. The Morgan fingerprint density at radius 2 is 1.70 bits per heavy atom. The van der Waals surface area contributed by atoms with Gasteiger partial charge in [0.2, 0.25) is 0 Å². The average molecular weight is 335 g/mol. The van der Waals surface area contributed by atoms with E-state index in [0.29, 0.717) is 10.7 Å². The molecule has 0 aliphatic rings. The molecule has 23 heavy (non-hydrogen) atoms. The molecule has 0 aliphatic heterocycles. The fourth-order valence-corrected chi connectivity index (χ4v) is 1.77. The van der Waals surface area contributed by atoms with Crippen LogP contribution in [-0.2, 0) is 21.0 Å². The van der Waals surface area contributed by atoms with Gasteiger partial charge in [0.15, 0.2) is 6.61 Å². The minimum Gasteiger partial charge on any atom is -0.443 e. The number of halogens is 1. The number of nitrogens with one attached hydrogen (secondary N) is 2. The van der Waals surface area contributed by atoms with Crippen LogP contribution < -0.4 is 10.8 Å². The molecular formula is C16H15ClN2O4. The smallest absolute Gasteiger partial charge is 0.431 e. The van der Waals surface area contributed by atoms with Crippen LogP contribution in [0.25, 0.3) is 0 Å². The van der Waals surface area contributed by atoms with Gasteiger partial charge in [-0.25, -0.2) is 4.79 Å². The third-order valence-corrected chi connectivity index (χ3v) is 2.95. The Morgan fingerprint density at radius 3 is 2.39 bits per heavy atom. The Balaban J connectivity index is 1.63. The van der Waals surface area contributed by atoms with E-state index >= 15 is 0 Å². The summed E-state index contributed by atoms with van der Waals surface area (Å²) < 4.78 is 4.92. The Morgan fingerprint density at radius 1 is 1.00 bits per heavy atom. The van der Waals surface area contributed by atoms with Gasteiger partial charge in [0.1, 0.15) is 6.61 Å². The highest BCUT2D eigenvalue weighted by atomic mass is 35.5. The van der Waals surface area contributed by atoms with Gasteiger partial charge in [0, 0.05) is 10.7 Å². The molecule has 0 atom stereocenters. The van der Waals surface area contributed by atoms with E-state index in [1.807, 2.05) is 35.8 Å². The molecule has 2 N–H and O–H groups in total. The van der Waals surface area contributed by atoms with Crippen LogP contribution in [0.3, 0.4) is 0 Å². The van der Waals surface area contributed by atoms with Gasteiger partial charge in [-0.05, 0) is 29.8 Å². The fraction of sp³-hybridized carbons (Fsp3) is 0.125. The van der Waals surface area contributed by atoms with E-state index in [0.717, 1.165) is 5.56 Å². The van der Waals surface area contributed by atoms with Crippen molar-refractivity contribution in [3.63, 3.8) is 0 Å². The Kier molecular flexibility index (Phi) is 6.40. The van der Waals surface area contributed by atoms with Crippen molar-refractivity contribution >= 4 is 29.3 Å². The number of hydrogen-bond acceptors (Lipinski definition) is 4. The lowest BCUT2D eigenvalue weighted by Gasteiger charge is -2.08. The Bertz CT molecular complexity index is 647. The maximum atomic E-state index is 11.6. The summed E-state index contributed by atoms with van der Waals surface area (Å²) >= 11 is 5.74. The number of hydroxylamine groups is 1. The van der Waals surface area contributed by atoms with Gasteiger partial charge in [-0.1, -0.05) is 41.9 Å². The molecule has 2 rings (SSSR count). The molecule has 0 unspecified atom stereocenters. The number of ether oxygens (including phenoxy) is 1.